The molecule has 0 heterocycles. The van der Waals surface area contributed by atoms with Gasteiger partial charge in [-0.25, -0.2) is 0 Å². The van der Waals surface area contributed by atoms with E-state index in [1.54, 1.807) is 0 Å². The van der Waals surface area contributed by atoms with Crippen molar-refractivity contribution in [3.8, 4) is 11.5 Å². The molecule has 0 aromatic heterocycles. The number of hydrogen-bond donors (Lipinski definition) is 2. The quantitative estimate of drug-likeness (QED) is 0.313. The van der Waals surface area contributed by atoms with Gasteiger partial charge in [-0.1, -0.05) is 91.8 Å². The number of phenolic OH excluding ortho intramolecular Hbond substituents is 2. The van der Waals surface area contributed by atoms with E-state index in [4.69, 9.17) is 32.3 Å². The summed E-state index contributed by atoms with van der Waals surface area (Å²) >= 11 is -2.18. The number of benzene rings is 2. The Morgan fingerprint density at radius 2 is 0.800 bits per heavy atom. The molecule has 7 heteroatoms. The van der Waals surface area contributed by atoms with Crippen LogP contribution < -0.4 is 0 Å². The van der Waals surface area contributed by atoms with Crippen molar-refractivity contribution in [3.05, 3.63) is 58.7 Å². The maximum absolute atomic E-state index is 9.93. The zero-order valence-electron chi connectivity index (χ0n) is 23.1. The molecule has 0 aliphatic rings. The summed E-state index contributed by atoms with van der Waals surface area (Å²) in [5.41, 5.74) is 4.19. The van der Waals surface area contributed by atoms with Crippen LogP contribution in [0.2, 0.25) is 0 Å². The molecule has 0 unspecified atom stereocenters. The Bertz CT molecular complexity index is 691. The van der Waals surface area contributed by atoms with Crippen LogP contribution >= 0.6 is 27.6 Å². The van der Waals surface area contributed by atoms with Crippen molar-refractivity contribution in [1.29, 1.82) is 0 Å². The van der Waals surface area contributed by atoms with Crippen LogP contribution in [0, 0.1) is 0 Å². The minimum absolute atomic E-state index is 0.388. The predicted octanol–water partition coefficient (Wildman–Crippen LogP) is 10.4. The third kappa shape index (κ3) is 16.1. The van der Waals surface area contributed by atoms with Gasteiger partial charge in [0.2, 0.25) is 0 Å². The van der Waals surface area contributed by atoms with Gasteiger partial charge in [-0.2, -0.15) is 0 Å². The number of para-hydroxylation sites is 2. The average Bonchev–Trinajstić information content (AvgIpc) is 2.74. The van der Waals surface area contributed by atoms with E-state index in [1.807, 2.05) is 50.2 Å². The van der Waals surface area contributed by atoms with Crippen LogP contribution in [0.4, 0.5) is 0 Å². The Morgan fingerprint density at radius 3 is 0.914 bits per heavy atom. The van der Waals surface area contributed by atoms with E-state index in [0.29, 0.717) is 35.2 Å². The van der Waals surface area contributed by atoms with Gasteiger partial charge in [0.05, 0.1) is 0 Å². The van der Waals surface area contributed by atoms with Gasteiger partial charge in [-0.05, 0) is 59.8 Å². The van der Waals surface area contributed by atoms with E-state index in [-0.39, 0.29) is 0 Å². The van der Waals surface area contributed by atoms with Gasteiger partial charge in [-0.15, -0.1) is 0 Å². The fourth-order valence-electron chi connectivity index (χ4n) is 3.23. The molecule has 0 spiro atoms. The van der Waals surface area contributed by atoms with Gasteiger partial charge in [0, 0.05) is 13.2 Å². The van der Waals surface area contributed by atoms with Crippen molar-refractivity contribution in [1.82, 2.24) is 0 Å². The van der Waals surface area contributed by atoms with Crippen molar-refractivity contribution >= 4 is 27.6 Å². The summed E-state index contributed by atoms with van der Waals surface area (Å²) in [5, 5.41) is 19.9. The third-order valence-electron chi connectivity index (χ3n) is 5.09. The second kappa shape index (κ2) is 20.6. The first-order chi connectivity index (χ1) is 16.2. The van der Waals surface area contributed by atoms with Crippen molar-refractivity contribution in [2.75, 3.05) is 13.2 Å². The second-order valence-corrected chi connectivity index (χ2v) is 23.1. The van der Waals surface area contributed by atoms with Gasteiger partial charge < -0.3 is 14.9 Å². The van der Waals surface area contributed by atoms with E-state index in [2.05, 4.69) is 55.4 Å². The van der Waals surface area contributed by atoms with E-state index < -0.39 is 15.2 Å². The summed E-state index contributed by atoms with van der Waals surface area (Å²) in [6, 6.07) is 12.0. The van der Waals surface area contributed by atoms with Gasteiger partial charge in [0.15, 0.2) is 0 Å². The van der Waals surface area contributed by atoms with Gasteiger partial charge in [-0.3, -0.25) is 0 Å². The van der Waals surface area contributed by atoms with Gasteiger partial charge >= 0.3 is 42.8 Å². The first-order valence-corrected chi connectivity index (χ1v) is 24.2. The average molecular weight is 718 g/mol. The molecule has 0 saturated heterocycles. The molecule has 0 radical (unpaired) electrons. The summed E-state index contributed by atoms with van der Waals surface area (Å²) in [6.07, 6.45) is 0. The summed E-state index contributed by atoms with van der Waals surface area (Å²) in [4.78, 5) is 0. The van der Waals surface area contributed by atoms with E-state index >= 15 is 0 Å². The van der Waals surface area contributed by atoms with Crippen molar-refractivity contribution in [2.45, 2.75) is 92.9 Å². The molecule has 0 aliphatic heterocycles. The molecule has 2 N–H and O–H groups in total. The molecule has 0 saturated carbocycles. The maximum atomic E-state index is 9.93. The van der Waals surface area contributed by atoms with Gasteiger partial charge in [0.1, 0.15) is 11.5 Å². The first-order valence-electron chi connectivity index (χ1n) is 12.2. The number of ether oxygens (including phenoxy) is 1. The van der Waals surface area contributed by atoms with Crippen LogP contribution in [-0.4, -0.2) is 23.4 Å². The van der Waals surface area contributed by atoms with Crippen LogP contribution in [0.1, 0.15) is 115 Å². The Labute approximate surface area is 232 Å². The summed E-state index contributed by atoms with van der Waals surface area (Å²) in [6.45, 7) is 22.4. The zero-order chi connectivity index (χ0) is 27.7. The van der Waals surface area contributed by atoms with Crippen molar-refractivity contribution in [3.63, 3.8) is 0 Å². The number of hydrogen-bond acceptors (Lipinski definition) is 3. The number of halogens is 3. The molecular weight excluding hydrogens is 672 g/mol. The molecule has 0 amide bonds. The molecule has 0 bridgehead atoms. The fourth-order valence-corrected chi connectivity index (χ4v) is 3.23. The Morgan fingerprint density at radius 1 is 0.600 bits per heavy atom. The minimum atomic E-state index is -2.18. The number of rotatable bonds is 6. The van der Waals surface area contributed by atoms with Crippen LogP contribution in [0.3, 0.4) is 0 Å². The normalized spacial score (nSPS) is 10.6. The first kappa shape index (κ1) is 36.8. The standard InChI is InChI=1S/2C12H18O.C4H10O.3ClH.Ta/c2*1-8(2)10-6-5-7-11(9(3)4)12(10)13;1-3-5-4-2;;;;/h2*5-9,13H,1-4H3;3-4H2,1-2H3;3*1H;/q;;;;;;+3/p-3. The molecule has 202 valence electrons. The predicted molar refractivity (Wildman–Crippen MR) is 152 cm³/mol. The van der Waals surface area contributed by atoms with Crippen LogP contribution in [0.5, 0.6) is 11.5 Å². The fraction of sp³-hybridized carbons (Fsp3) is 0.571. The van der Waals surface area contributed by atoms with Crippen molar-refractivity contribution in [2.24, 2.45) is 0 Å². The van der Waals surface area contributed by atoms with Crippen LogP contribution in [0.15, 0.2) is 36.4 Å². The molecule has 2 rings (SSSR count). The summed E-state index contributed by atoms with van der Waals surface area (Å²) in [5.74, 6) is 2.51. The molecule has 3 nitrogen and oxygen atoms in total. The molecule has 2 aromatic carbocycles. The third-order valence-corrected chi connectivity index (χ3v) is 5.09. The molecule has 0 fully saturated rings. The van der Waals surface area contributed by atoms with E-state index in [0.717, 1.165) is 35.5 Å². The van der Waals surface area contributed by atoms with Crippen molar-refractivity contribution < 1.29 is 30.1 Å². The SMILES string of the molecule is CC(C)c1cccc(C(C)C)c1O.CC(C)c1cccc(C(C)C)c1O.CCOCC.[Cl][Ta]([Cl])[Cl]. The Balaban J connectivity index is 0. The van der Waals surface area contributed by atoms with E-state index in [1.165, 1.54) is 0 Å². The Hall–Kier alpha value is -0.390. The Kier molecular flexibility index (Phi) is 21.7. The topological polar surface area (TPSA) is 49.7 Å². The molecule has 0 atom stereocenters. The second-order valence-electron chi connectivity index (χ2n) is 9.16. The molecular formula is C28H46Cl3O3Ta. The molecule has 35 heavy (non-hydrogen) atoms. The van der Waals surface area contributed by atoms with Crippen LogP contribution in [-0.2, 0) is 19.9 Å². The summed E-state index contributed by atoms with van der Waals surface area (Å²) < 4.78 is 4.83. The number of aromatic hydroxyl groups is 2. The monoisotopic (exact) mass is 716 g/mol. The zero-order valence-corrected chi connectivity index (χ0v) is 28.6. The summed E-state index contributed by atoms with van der Waals surface area (Å²) in [7, 11) is 15.0. The molecule has 2 aromatic rings. The van der Waals surface area contributed by atoms with E-state index in [9.17, 15) is 10.2 Å². The number of phenols is 2. The van der Waals surface area contributed by atoms with Gasteiger partial charge in [0.25, 0.3) is 0 Å². The molecule has 0 aliphatic carbocycles. The van der Waals surface area contributed by atoms with Crippen LogP contribution in [0.25, 0.3) is 0 Å².